The van der Waals surface area contributed by atoms with Gasteiger partial charge in [-0.2, -0.15) is 14.0 Å². The van der Waals surface area contributed by atoms with Crippen molar-refractivity contribution in [3.8, 4) is 6.07 Å². The summed E-state index contributed by atoms with van der Waals surface area (Å²) in [5.41, 5.74) is -1.11. The van der Waals surface area contributed by atoms with E-state index in [4.69, 9.17) is 5.26 Å². The number of nitro benzene ring substituents is 1. The van der Waals surface area contributed by atoms with Crippen LogP contribution in [0.25, 0.3) is 0 Å². The minimum absolute atomic E-state index is 0.479. The zero-order chi connectivity index (χ0) is 15.5. The molecule has 0 bridgehead atoms. The molecule has 0 heterocycles. The van der Waals surface area contributed by atoms with Crippen LogP contribution in [0.4, 0.5) is 10.1 Å². The van der Waals surface area contributed by atoms with E-state index in [1.165, 1.54) is 13.8 Å². The number of sulfonamides is 1. The quantitative estimate of drug-likeness (QED) is 0.467. The lowest BCUT2D eigenvalue weighted by Gasteiger charge is -2.22. The first-order valence-electron chi connectivity index (χ1n) is 5.55. The van der Waals surface area contributed by atoms with E-state index in [1.54, 1.807) is 6.07 Å². The van der Waals surface area contributed by atoms with Gasteiger partial charge in [-0.05, 0) is 26.0 Å². The topological polar surface area (TPSA) is 104 Å². The highest BCUT2D eigenvalue weighted by Gasteiger charge is 2.35. The lowest BCUT2D eigenvalue weighted by atomic mass is 10.3. The Morgan fingerprint density at radius 2 is 2.10 bits per heavy atom. The minimum atomic E-state index is -4.33. The Kier molecular flexibility index (Phi) is 4.75. The molecule has 0 aliphatic carbocycles. The molecular formula is C11H12FN3O4S. The number of nitro groups is 1. The van der Waals surface area contributed by atoms with Crippen LogP contribution in [0.5, 0.6) is 0 Å². The fraction of sp³-hybridized carbons (Fsp3) is 0.364. The average Bonchev–Trinajstić information content (AvgIpc) is 2.34. The van der Waals surface area contributed by atoms with Crippen molar-refractivity contribution in [3.63, 3.8) is 0 Å². The monoisotopic (exact) mass is 301 g/mol. The van der Waals surface area contributed by atoms with Crippen molar-refractivity contribution in [1.29, 1.82) is 5.26 Å². The molecule has 7 nitrogen and oxygen atoms in total. The molecule has 0 N–H and O–H groups in total. The second kappa shape index (κ2) is 5.94. The Morgan fingerprint density at radius 3 is 2.55 bits per heavy atom. The third kappa shape index (κ3) is 2.92. The molecule has 0 radical (unpaired) electrons. The number of hydrogen-bond acceptors (Lipinski definition) is 5. The van der Waals surface area contributed by atoms with Gasteiger partial charge in [0, 0.05) is 6.04 Å². The zero-order valence-electron chi connectivity index (χ0n) is 10.8. The van der Waals surface area contributed by atoms with Crippen LogP contribution in [0.15, 0.2) is 23.1 Å². The van der Waals surface area contributed by atoms with E-state index in [0.717, 1.165) is 22.5 Å². The summed E-state index contributed by atoms with van der Waals surface area (Å²) < 4.78 is 39.0. The van der Waals surface area contributed by atoms with Crippen LogP contribution in [0.1, 0.15) is 13.8 Å². The van der Waals surface area contributed by atoms with E-state index in [-0.39, 0.29) is 0 Å². The van der Waals surface area contributed by atoms with Crippen LogP contribution in [-0.4, -0.2) is 30.2 Å². The van der Waals surface area contributed by atoms with E-state index in [0.29, 0.717) is 0 Å². The first-order chi connectivity index (χ1) is 9.23. The summed E-state index contributed by atoms with van der Waals surface area (Å²) in [7, 11) is -4.33. The molecule has 1 rings (SSSR count). The highest BCUT2D eigenvalue weighted by molar-refractivity contribution is 7.89. The van der Waals surface area contributed by atoms with E-state index >= 15 is 0 Å². The van der Waals surface area contributed by atoms with Crippen LogP contribution < -0.4 is 0 Å². The molecule has 9 heteroatoms. The average molecular weight is 301 g/mol. The third-order valence-corrected chi connectivity index (χ3v) is 4.57. The minimum Gasteiger partial charge on any atom is -0.258 e. The molecule has 108 valence electrons. The zero-order valence-corrected chi connectivity index (χ0v) is 11.6. The van der Waals surface area contributed by atoms with Crippen LogP contribution in [0.2, 0.25) is 0 Å². The molecule has 0 atom stereocenters. The molecule has 0 saturated carbocycles. The largest absolute Gasteiger partial charge is 0.324 e. The fourth-order valence-electron chi connectivity index (χ4n) is 1.62. The van der Waals surface area contributed by atoms with Crippen molar-refractivity contribution in [2.75, 3.05) is 6.54 Å². The van der Waals surface area contributed by atoms with Crippen molar-refractivity contribution >= 4 is 15.7 Å². The maximum atomic E-state index is 13.5. The van der Waals surface area contributed by atoms with Gasteiger partial charge < -0.3 is 0 Å². The summed E-state index contributed by atoms with van der Waals surface area (Å²) in [5, 5.41) is 19.5. The molecule has 1 aromatic rings. The number of hydrogen-bond donors (Lipinski definition) is 0. The summed E-state index contributed by atoms with van der Waals surface area (Å²) in [5.74, 6) is -1.24. The fourth-order valence-corrected chi connectivity index (χ4v) is 3.32. The Labute approximate surface area is 115 Å². The Balaban J connectivity index is 3.54. The first-order valence-corrected chi connectivity index (χ1v) is 6.99. The summed E-state index contributed by atoms with van der Waals surface area (Å²) in [6, 6.07) is 3.90. The van der Waals surface area contributed by atoms with Crippen LogP contribution in [0.3, 0.4) is 0 Å². The number of para-hydroxylation sites is 1. The highest BCUT2D eigenvalue weighted by Crippen LogP contribution is 2.29. The third-order valence-electron chi connectivity index (χ3n) is 2.52. The predicted octanol–water partition coefficient (Wildman–Crippen LogP) is 1.66. The molecule has 0 unspecified atom stereocenters. The lowest BCUT2D eigenvalue weighted by Crippen LogP contribution is -2.37. The van der Waals surface area contributed by atoms with Crippen molar-refractivity contribution in [2.45, 2.75) is 24.8 Å². The Morgan fingerprint density at radius 1 is 1.50 bits per heavy atom. The van der Waals surface area contributed by atoms with Gasteiger partial charge in [-0.1, -0.05) is 6.07 Å². The molecule has 0 aliphatic heterocycles. The Bertz CT molecular complexity index is 667. The van der Waals surface area contributed by atoms with Crippen LogP contribution >= 0.6 is 0 Å². The molecule has 0 amide bonds. The van der Waals surface area contributed by atoms with Gasteiger partial charge in [0.2, 0.25) is 5.82 Å². The van der Waals surface area contributed by atoms with Gasteiger partial charge in [-0.25, -0.2) is 8.42 Å². The molecule has 0 aromatic heterocycles. The molecule has 20 heavy (non-hydrogen) atoms. The summed E-state index contributed by atoms with van der Waals surface area (Å²) in [6.45, 7) is 2.55. The summed E-state index contributed by atoms with van der Waals surface area (Å²) >= 11 is 0. The van der Waals surface area contributed by atoms with Gasteiger partial charge in [0.25, 0.3) is 10.0 Å². The second-order valence-electron chi connectivity index (χ2n) is 4.15. The van der Waals surface area contributed by atoms with Gasteiger partial charge in [-0.15, -0.1) is 0 Å². The molecule has 0 spiro atoms. The van der Waals surface area contributed by atoms with Gasteiger partial charge in [0.15, 0.2) is 4.90 Å². The normalized spacial score (nSPS) is 11.6. The Hall–Kier alpha value is -2.05. The van der Waals surface area contributed by atoms with Crippen molar-refractivity contribution in [2.24, 2.45) is 0 Å². The molecule has 0 saturated heterocycles. The SMILES string of the molecule is CC(C)N(CC#N)S(=O)(=O)c1cccc(F)c1[N+](=O)[O-]. The maximum Gasteiger partial charge on any atom is 0.324 e. The standard InChI is InChI=1S/C11H12FN3O4S/c1-8(2)14(7-6-13)20(18,19)10-5-3-4-9(12)11(10)15(16)17/h3-5,8H,7H2,1-2H3. The predicted molar refractivity (Wildman–Crippen MR) is 67.7 cm³/mol. The molecular weight excluding hydrogens is 289 g/mol. The number of rotatable bonds is 5. The lowest BCUT2D eigenvalue weighted by molar-refractivity contribution is -0.390. The molecule has 0 fully saturated rings. The number of halogens is 1. The molecule has 0 aliphatic rings. The van der Waals surface area contributed by atoms with Crippen LogP contribution in [-0.2, 0) is 10.0 Å². The maximum absolute atomic E-state index is 13.5. The van der Waals surface area contributed by atoms with E-state index in [9.17, 15) is 22.9 Å². The molecule has 1 aromatic carbocycles. The second-order valence-corrected chi connectivity index (χ2v) is 6.00. The highest BCUT2D eigenvalue weighted by atomic mass is 32.2. The summed E-state index contributed by atoms with van der Waals surface area (Å²) in [6.07, 6.45) is 0. The van der Waals surface area contributed by atoms with Crippen molar-refractivity contribution < 1.29 is 17.7 Å². The van der Waals surface area contributed by atoms with Crippen molar-refractivity contribution in [3.05, 3.63) is 34.1 Å². The number of benzene rings is 1. The van der Waals surface area contributed by atoms with Gasteiger partial charge >= 0.3 is 5.69 Å². The van der Waals surface area contributed by atoms with Gasteiger partial charge in [0.1, 0.15) is 6.54 Å². The summed E-state index contributed by atoms with van der Waals surface area (Å²) in [4.78, 5) is 9.01. The van der Waals surface area contributed by atoms with Gasteiger partial charge in [0.05, 0.1) is 11.0 Å². The van der Waals surface area contributed by atoms with Gasteiger partial charge in [-0.3, -0.25) is 10.1 Å². The smallest absolute Gasteiger partial charge is 0.258 e. The van der Waals surface area contributed by atoms with E-state index < -0.39 is 43.9 Å². The van der Waals surface area contributed by atoms with Crippen molar-refractivity contribution in [1.82, 2.24) is 4.31 Å². The van der Waals surface area contributed by atoms with Crippen LogP contribution in [0, 0.1) is 27.3 Å². The van der Waals surface area contributed by atoms with E-state index in [2.05, 4.69) is 0 Å². The first kappa shape index (κ1) is 16.0. The van der Waals surface area contributed by atoms with E-state index in [1.807, 2.05) is 0 Å². The number of nitriles is 1. The number of nitrogens with zero attached hydrogens (tertiary/aromatic N) is 3.